The highest BCUT2D eigenvalue weighted by Gasteiger charge is 2.24. The molecule has 0 radical (unpaired) electrons. The molecule has 0 bridgehead atoms. The van der Waals surface area contributed by atoms with Crippen molar-refractivity contribution in [3.05, 3.63) is 0 Å². The summed E-state index contributed by atoms with van der Waals surface area (Å²) in [5.74, 6) is 0. The Hall–Kier alpha value is -0.0800. The summed E-state index contributed by atoms with van der Waals surface area (Å²) in [6.45, 7) is 15.2. The van der Waals surface area contributed by atoms with Crippen LogP contribution in [-0.2, 0) is 0 Å². The number of nitrogens with zero attached hydrogens (tertiary/aromatic N) is 1. The first-order chi connectivity index (χ1) is 6.93. The van der Waals surface area contributed by atoms with Crippen LogP contribution >= 0.6 is 0 Å². The minimum Gasteiger partial charge on any atom is -0.311 e. The molecule has 1 aliphatic rings. The monoisotopic (exact) mass is 212 g/mol. The first-order valence-electron chi connectivity index (χ1n) is 6.42. The van der Waals surface area contributed by atoms with Crippen LogP contribution in [0.4, 0.5) is 0 Å². The first kappa shape index (κ1) is 13.0. The van der Waals surface area contributed by atoms with Gasteiger partial charge in [-0.25, -0.2) is 0 Å². The zero-order valence-electron chi connectivity index (χ0n) is 11.1. The lowest BCUT2D eigenvalue weighted by molar-refractivity contribution is 0.177. The average molecular weight is 212 g/mol. The second-order valence-corrected chi connectivity index (χ2v) is 5.96. The largest absolute Gasteiger partial charge is 0.311 e. The van der Waals surface area contributed by atoms with E-state index in [1.807, 2.05) is 0 Å². The molecule has 0 amide bonds. The van der Waals surface area contributed by atoms with Crippen LogP contribution in [0.15, 0.2) is 0 Å². The van der Waals surface area contributed by atoms with E-state index in [0.717, 1.165) is 6.04 Å². The molecule has 0 aromatic heterocycles. The molecular weight excluding hydrogens is 184 g/mol. The van der Waals surface area contributed by atoms with Crippen LogP contribution in [0.2, 0.25) is 0 Å². The molecule has 1 unspecified atom stereocenters. The smallest absolute Gasteiger partial charge is 0.00941 e. The number of nitrogens with one attached hydrogen (secondary N) is 1. The van der Waals surface area contributed by atoms with Crippen molar-refractivity contribution in [2.24, 2.45) is 5.41 Å². The summed E-state index contributed by atoms with van der Waals surface area (Å²) in [7, 11) is 0. The van der Waals surface area contributed by atoms with Gasteiger partial charge in [-0.05, 0) is 44.8 Å². The van der Waals surface area contributed by atoms with Gasteiger partial charge in [-0.2, -0.15) is 0 Å². The fourth-order valence-corrected chi connectivity index (χ4v) is 2.02. The fraction of sp³-hybridized carbons (Fsp3) is 1.00. The molecule has 1 atom stereocenters. The van der Waals surface area contributed by atoms with Gasteiger partial charge in [0.05, 0.1) is 0 Å². The molecule has 1 rings (SSSR count). The Bertz CT molecular complexity index is 175. The highest BCUT2D eigenvalue weighted by atomic mass is 15.1. The SMILES string of the molecule is CCN1CCC(NC(C)C(C)(C)C)CC1. The third-order valence-corrected chi connectivity index (χ3v) is 3.82. The molecule has 1 fully saturated rings. The van der Waals surface area contributed by atoms with Crippen LogP contribution < -0.4 is 5.32 Å². The lowest BCUT2D eigenvalue weighted by Gasteiger charge is -2.37. The summed E-state index contributed by atoms with van der Waals surface area (Å²) in [5.41, 5.74) is 0.377. The van der Waals surface area contributed by atoms with Crippen LogP contribution in [0.3, 0.4) is 0 Å². The minimum atomic E-state index is 0.377. The summed E-state index contributed by atoms with van der Waals surface area (Å²) >= 11 is 0. The van der Waals surface area contributed by atoms with Gasteiger partial charge in [-0.1, -0.05) is 27.7 Å². The van der Waals surface area contributed by atoms with Crippen molar-refractivity contribution in [2.75, 3.05) is 19.6 Å². The summed E-state index contributed by atoms with van der Waals surface area (Å²) in [5, 5.41) is 3.78. The molecule has 1 aliphatic heterocycles. The van der Waals surface area contributed by atoms with E-state index in [1.54, 1.807) is 0 Å². The minimum absolute atomic E-state index is 0.377. The topological polar surface area (TPSA) is 15.3 Å². The molecule has 0 aromatic rings. The van der Waals surface area contributed by atoms with Crippen LogP contribution in [0.1, 0.15) is 47.5 Å². The van der Waals surface area contributed by atoms with Gasteiger partial charge in [-0.3, -0.25) is 0 Å². The van der Waals surface area contributed by atoms with Crippen molar-refractivity contribution in [1.82, 2.24) is 10.2 Å². The summed E-state index contributed by atoms with van der Waals surface area (Å²) in [6, 6.07) is 1.35. The molecule has 0 aromatic carbocycles. The van der Waals surface area contributed by atoms with Crippen LogP contribution in [-0.4, -0.2) is 36.6 Å². The van der Waals surface area contributed by atoms with Crippen LogP contribution in [0, 0.1) is 5.41 Å². The molecule has 1 heterocycles. The van der Waals surface area contributed by atoms with E-state index in [1.165, 1.54) is 32.5 Å². The molecule has 0 spiro atoms. The van der Waals surface area contributed by atoms with Gasteiger partial charge < -0.3 is 10.2 Å². The molecule has 90 valence electrons. The van der Waals surface area contributed by atoms with E-state index in [-0.39, 0.29) is 0 Å². The Morgan fingerprint density at radius 2 is 1.80 bits per heavy atom. The van der Waals surface area contributed by atoms with E-state index >= 15 is 0 Å². The molecule has 1 N–H and O–H groups in total. The van der Waals surface area contributed by atoms with Gasteiger partial charge in [-0.15, -0.1) is 0 Å². The molecule has 2 nitrogen and oxygen atoms in total. The molecule has 15 heavy (non-hydrogen) atoms. The number of rotatable bonds is 3. The predicted octanol–water partition coefficient (Wildman–Crippen LogP) is 2.49. The van der Waals surface area contributed by atoms with E-state index in [4.69, 9.17) is 0 Å². The van der Waals surface area contributed by atoms with E-state index in [9.17, 15) is 0 Å². The van der Waals surface area contributed by atoms with Crippen molar-refractivity contribution >= 4 is 0 Å². The van der Waals surface area contributed by atoms with E-state index in [0.29, 0.717) is 11.5 Å². The van der Waals surface area contributed by atoms with Gasteiger partial charge in [0.25, 0.3) is 0 Å². The maximum atomic E-state index is 3.78. The number of hydrogen-bond acceptors (Lipinski definition) is 2. The lowest BCUT2D eigenvalue weighted by Crippen LogP contribution is -2.48. The van der Waals surface area contributed by atoms with Crippen LogP contribution in [0.5, 0.6) is 0 Å². The fourth-order valence-electron chi connectivity index (χ4n) is 2.02. The maximum Gasteiger partial charge on any atom is 0.00941 e. The highest BCUT2D eigenvalue weighted by molar-refractivity contribution is 4.83. The van der Waals surface area contributed by atoms with Gasteiger partial charge in [0, 0.05) is 12.1 Å². The van der Waals surface area contributed by atoms with Crippen molar-refractivity contribution in [2.45, 2.75) is 59.5 Å². The Balaban J connectivity index is 2.29. The third-order valence-electron chi connectivity index (χ3n) is 3.82. The third kappa shape index (κ3) is 4.12. The standard InChI is InChI=1S/C13H28N2/c1-6-15-9-7-12(8-10-15)14-11(2)13(3,4)5/h11-12,14H,6-10H2,1-5H3. The van der Waals surface area contributed by atoms with Gasteiger partial charge in [0.2, 0.25) is 0 Å². The number of piperidine rings is 1. The van der Waals surface area contributed by atoms with Crippen molar-refractivity contribution in [3.63, 3.8) is 0 Å². The van der Waals surface area contributed by atoms with Crippen molar-refractivity contribution in [1.29, 1.82) is 0 Å². The summed E-state index contributed by atoms with van der Waals surface area (Å²) in [6.07, 6.45) is 2.63. The molecular formula is C13H28N2. The Labute approximate surface area is 95.4 Å². The lowest BCUT2D eigenvalue weighted by atomic mass is 9.87. The van der Waals surface area contributed by atoms with Gasteiger partial charge >= 0.3 is 0 Å². The molecule has 0 aliphatic carbocycles. The second-order valence-electron chi connectivity index (χ2n) is 5.96. The average Bonchev–Trinajstić information content (AvgIpc) is 2.17. The molecule has 2 heteroatoms. The first-order valence-corrected chi connectivity index (χ1v) is 6.42. The molecule has 0 saturated carbocycles. The maximum absolute atomic E-state index is 3.78. The Morgan fingerprint density at radius 3 is 2.20 bits per heavy atom. The zero-order valence-corrected chi connectivity index (χ0v) is 11.1. The number of hydrogen-bond donors (Lipinski definition) is 1. The summed E-state index contributed by atoms with van der Waals surface area (Å²) < 4.78 is 0. The Kier molecular flexibility index (Phi) is 4.60. The van der Waals surface area contributed by atoms with Gasteiger partial charge in [0.15, 0.2) is 0 Å². The highest BCUT2D eigenvalue weighted by Crippen LogP contribution is 2.21. The van der Waals surface area contributed by atoms with E-state index < -0.39 is 0 Å². The van der Waals surface area contributed by atoms with Crippen molar-refractivity contribution in [3.8, 4) is 0 Å². The quantitative estimate of drug-likeness (QED) is 0.773. The predicted molar refractivity (Wildman–Crippen MR) is 67.2 cm³/mol. The van der Waals surface area contributed by atoms with Crippen molar-refractivity contribution < 1.29 is 0 Å². The van der Waals surface area contributed by atoms with Gasteiger partial charge in [0.1, 0.15) is 0 Å². The van der Waals surface area contributed by atoms with Crippen LogP contribution in [0.25, 0.3) is 0 Å². The number of likely N-dealkylation sites (tertiary alicyclic amines) is 1. The second kappa shape index (κ2) is 5.31. The molecule has 1 saturated heterocycles. The summed E-state index contributed by atoms with van der Waals surface area (Å²) in [4.78, 5) is 2.54. The Morgan fingerprint density at radius 1 is 1.27 bits per heavy atom. The van der Waals surface area contributed by atoms with E-state index in [2.05, 4.69) is 44.8 Å². The zero-order chi connectivity index (χ0) is 11.5. The normalized spacial score (nSPS) is 23.0.